The Balaban J connectivity index is 1.64. The fraction of sp³-hybridized carbons (Fsp3) is 0.320. The maximum Gasteiger partial charge on any atom is 0.332 e. The molecular formula is C25H27N5O2. The Labute approximate surface area is 186 Å². The lowest BCUT2D eigenvalue weighted by Crippen LogP contribution is -2.40. The van der Waals surface area contributed by atoms with Gasteiger partial charge in [-0.2, -0.15) is 4.98 Å². The molecule has 1 aliphatic heterocycles. The van der Waals surface area contributed by atoms with Crippen molar-refractivity contribution in [1.82, 2.24) is 18.7 Å². The maximum atomic E-state index is 13.5. The number of benzene rings is 2. The minimum absolute atomic E-state index is 0.264. The molecule has 0 N–H and O–H groups in total. The summed E-state index contributed by atoms with van der Waals surface area (Å²) in [5.41, 5.74) is 4.92. The van der Waals surface area contributed by atoms with Crippen LogP contribution in [0.2, 0.25) is 0 Å². The fourth-order valence-electron chi connectivity index (χ4n) is 4.68. The highest BCUT2D eigenvalue weighted by Gasteiger charge is 2.27. The molecule has 2 aromatic carbocycles. The van der Waals surface area contributed by atoms with E-state index in [9.17, 15) is 9.59 Å². The molecule has 0 saturated heterocycles. The molecule has 7 nitrogen and oxygen atoms in total. The van der Waals surface area contributed by atoms with Gasteiger partial charge in [0.1, 0.15) is 0 Å². The first-order valence-corrected chi connectivity index (χ1v) is 11.0. The van der Waals surface area contributed by atoms with Crippen LogP contribution < -0.4 is 16.1 Å². The Bertz CT molecular complexity index is 1430. The van der Waals surface area contributed by atoms with Gasteiger partial charge in [-0.3, -0.25) is 13.9 Å². The highest BCUT2D eigenvalue weighted by Crippen LogP contribution is 2.33. The van der Waals surface area contributed by atoms with Crippen molar-refractivity contribution in [2.24, 2.45) is 7.05 Å². The summed E-state index contributed by atoms with van der Waals surface area (Å²) < 4.78 is 4.84. The van der Waals surface area contributed by atoms with Crippen LogP contribution in [-0.2, 0) is 26.6 Å². The maximum absolute atomic E-state index is 13.5. The molecule has 0 aliphatic carbocycles. The van der Waals surface area contributed by atoms with Crippen LogP contribution in [-0.4, -0.2) is 25.2 Å². The van der Waals surface area contributed by atoms with E-state index in [1.165, 1.54) is 20.3 Å². The van der Waals surface area contributed by atoms with Crippen LogP contribution in [0.5, 0.6) is 0 Å². The number of hydrogen-bond donors (Lipinski definition) is 0. The van der Waals surface area contributed by atoms with Crippen LogP contribution in [0.1, 0.15) is 23.1 Å². The van der Waals surface area contributed by atoms with Gasteiger partial charge < -0.3 is 9.47 Å². The molecule has 3 heterocycles. The van der Waals surface area contributed by atoms with Crippen molar-refractivity contribution in [2.75, 3.05) is 11.4 Å². The Morgan fingerprint density at radius 3 is 2.53 bits per heavy atom. The van der Waals surface area contributed by atoms with Gasteiger partial charge in [0.25, 0.3) is 5.56 Å². The van der Waals surface area contributed by atoms with Crippen molar-refractivity contribution < 1.29 is 0 Å². The molecule has 0 atom stereocenters. The SMILES string of the molecule is Cc1ccc(N2CCCn3c2nc2c3c(=O)n(CCc3ccccc3)c(=O)n2C)c(C)c1. The van der Waals surface area contributed by atoms with Crippen LogP contribution in [0.3, 0.4) is 0 Å². The van der Waals surface area contributed by atoms with Gasteiger partial charge in [0, 0.05) is 32.4 Å². The lowest BCUT2D eigenvalue weighted by molar-refractivity contribution is 0.584. The zero-order valence-electron chi connectivity index (χ0n) is 18.7. The Morgan fingerprint density at radius 1 is 1.00 bits per heavy atom. The first-order valence-electron chi connectivity index (χ1n) is 11.0. The Kier molecular flexibility index (Phi) is 4.96. The zero-order valence-corrected chi connectivity index (χ0v) is 18.7. The third-order valence-corrected chi connectivity index (χ3v) is 6.33. The summed E-state index contributed by atoms with van der Waals surface area (Å²) in [6.07, 6.45) is 1.52. The second kappa shape index (κ2) is 7.82. The van der Waals surface area contributed by atoms with Gasteiger partial charge in [-0.05, 0) is 43.9 Å². The van der Waals surface area contributed by atoms with Crippen LogP contribution in [0.25, 0.3) is 11.2 Å². The smallest absolute Gasteiger partial charge is 0.312 e. The van der Waals surface area contributed by atoms with E-state index in [1.807, 2.05) is 34.9 Å². The summed E-state index contributed by atoms with van der Waals surface area (Å²) in [6.45, 7) is 6.04. The van der Waals surface area contributed by atoms with Gasteiger partial charge in [0.15, 0.2) is 11.2 Å². The van der Waals surface area contributed by atoms with Crippen LogP contribution in [0.4, 0.5) is 11.6 Å². The van der Waals surface area contributed by atoms with Crippen LogP contribution in [0.15, 0.2) is 58.1 Å². The number of nitrogens with zero attached hydrogens (tertiary/aromatic N) is 5. The Morgan fingerprint density at radius 2 is 1.78 bits per heavy atom. The number of fused-ring (bicyclic) bond motifs is 3. The second-order valence-corrected chi connectivity index (χ2v) is 8.56. The monoisotopic (exact) mass is 429 g/mol. The van der Waals surface area contributed by atoms with Gasteiger partial charge in [0.2, 0.25) is 5.95 Å². The van der Waals surface area contributed by atoms with E-state index in [2.05, 4.69) is 36.9 Å². The molecule has 32 heavy (non-hydrogen) atoms. The normalized spacial score (nSPS) is 13.5. The molecule has 0 bridgehead atoms. The molecule has 0 spiro atoms. The number of aryl methyl sites for hydroxylation is 5. The first-order chi connectivity index (χ1) is 15.5. The van der Waals surface area contributed by atoms with E-state index in [1.54, 1.807) is 7.05 Å². The zero-order chi connectivity index (χ0) is 22.4. The summed E-state index contributed by atoms with van der Waals surface area (Å²) in [7, 11) is 1.70. The number of hydrogen-bond acceptors (Lipinski definition) is 4. The van der Waals surface area contributed by atoms with Crippen molar-refractivity contribution in [3.05, 3.63) is 86.1 Å². The lowest BCUT2D eigenvalue weighted by Gasteiger charge is -2.30. The highest BCUT2D eigenvalue weighted by molar-refractivity contribution is 5.77. The van der Waals surface area contributed by atoms with E-state index in [0.29, 0.717) is 30.7 Å². The third kappa shape index (κ3) is 3.25. The lowest BCUT2D eigenvalue weighted by atomic mass is 10.1. The molecule has 0 amide bonds. The van der Waals surface area contributed by atoms with Crippen molar-refractivity contribution in [1.29, 1.82) is 0 Å². The topological polar surface area (TPSA) is 65.1 Å². The van der Waals surface area contributed by atoms with E-state index in [0.717, 1.165) is 30.2 Å². The van der Waals surface area contributed by atoms with E-state index in [4.69, 9.17) is 4.98 Å². The molecular weight excluding hydrogens is 402 g/mol. The molecule has 7 heteroatoms. The van der Waals surface area contributed by atoms with Gasteiger partial charge in [-0.25, -0.2) is 4.79 Å². The highest BCUT2D eigenvalue weighted by atomic mass is 16.2. The van der Waals surface area contributed by atoms with E-state index in [-0.39, 0.29) is 11.2 Å². The van der Waals surface area contributed by atoms with Crippen molar-refractivity contribution in [3.8, 4) is 0 Å². The van der Waals surface area contributed by atoms with E-state index < -0.39 is 0 Å². The first kappa shape index (κ1) is 20.3. The van der Waals surface area contributed by atoms with Gasteiger partial charge in [-0.1, -0.05) is 48.0 Å². The van der Waals surface area contributed by atoms with Crippen LogP contribution >= 0.6 is 0 Å². The predicted molar refractivity (Wildman–Crippen MR) is 127 cm³/mol. The summed E-state index contributed by atoms with van der Waals surface area (Å²) in [5.74, 6) is 0.728. The molecule has 0 saturated carbocycles. The number of imidazole rings is 1. The molecule has 2 aromatic heterocycles. The second-order valence-electron chi connectivity index (χ2n) is 8.56. The Hall–Kier alpha value is -3.61. The standard InChI is InChI=1S/C25H27N5O2/c1-17-10-11-20(18(2)16-17)28-13-7-14-29-21-22(26-24(28)29)27(3)25(32)30(23(21)31)15-12-19-8-5-4-6-9-19/h4-6,8-11,16H,7,12-15H2,1-3H3. The number of aromatic nitrogens is 4. The molecule has 4 aromatic rings. The number of anilines is 2. The summed E-state index contributed by atoms with van der Waals surface area (Å²) >= 11 is 0. The van der Waals surface area contributed by atoms with Gasteiger partial charge in [-0.15, -0.1) is 0 Å². The van der Waals surface area contributed by atoms with Crippen molar-refractivity contribution in [2.45, 2.75) is 39.8 Å². The van der Waals surface area contributed by atoms with Crippen molar-refractivity contribution in [3.63, 3.8) is 0 Å². The number of rotatable bonds is 4. The van der Waals surface area contributed by atoms with E-state index >= 15 is 0 Å². The molecule has 5 rings (SSSR count). The largest absolute Gasteiger partial charge is 0.332 e. The molecule has 0 unspecified atom stereocenters. The summed E-state index contributed by atoms with van der Waals surface area (Å²) in [4.78, 5) is 33.5. The average molecular weight is 430 g/mol. The fourth-order valence-corrected chi connectivity index (χ4v) is 4.68. The van der Waals surface area contributed by atoms with Gasteiger partial charge in [0.05, 0.1) is 0 Å². The summed E-state index contributed by atoms with van der Waals surface area (Å²) in [5, 5.41) is 0. The minimum atomic E-state index is -0.327. The van der Waals surface area contributed by atoms with Gasteiger partial charge >= 0.3 is 5.69 Å². The van der Waals surface area contributed by atoms with Crippen LogP contribution in [0, 0.1) is 13.8 Å². The molecule has 0 radical (unpaired) electrons. The summed E-state index contributed by atoms with van der Waals surface area (Å²) in [6, 6.07) is 16.3. The van der Waals surface area contributed by atoms with Crippen molar-refractivity contribution >= 4 is 22.8 Å². The average Bonchev–Trinajstić information content (AvgIpc) is 3.19. The third-order valence-electron chi connectivity index (χ3n) is 6.33. The molecule has 164 valence electrons. The molecule has 0 fully saturated rings. The predicted octanol–water partition coefficient (Wildman–Crippen LogP) is 3.30. The minimum Gasteiger partial charge on any atom is -0.312 e. The quantitative estimate of drug-likeness (QED) is 0.499. The molecule has 1 aliphatic rings.